The van der Waals surface area contributed by atoms with E-state index in [1.54, 1.807) is 12.1 Å². The van der Waals surface area contributed by atoms with Crippen LogP contribution < -0.4 is 0 Å². The van der Waals surface area contributed by atoms with Gasteiger partial charge in [0.25, 0.3) is 0 Å². The molecule has 0 spiro atoms. The van der Waals surface area contributed by atoms with Gasteiger partial charge in [-0.1, -0.05) is 38.1 Å². The van der Waals surface area contributed by atoms with Crippen LogP contribution in [-0.2, 0) is 18.3 Å². The van der Waals surface area contributed by atoms with Gasteiger partial charge < -0.3 is 20.4 Å². The first-order valence-electron chi connectivity index (χ1n) is 14.0. The third-order valence-corrected chi connectivity index (χ3v) is 7.93. The van der Waals surface area contributed by atoms with Crippen LogP contribution in [0.3, 0.4) is 0 Å². The average Bonchev–Trinajstić information content (AvgIpc) is 3.61. The van der Waals surface area contributed by atoms with Gasteiger partial charge in [-0.15, -0.1) is 30.0 Å². The van der Waals surface area contributed by atoms with Crippen molar-refractivity contribution in [2.75, 3.05) is 13.2 Å². The molecule has 0 unspecified atom stereocenters. The Morgan fingerprint density at radius 3 is 1.29 bits per heavy atom. The Balaban J connectivity index is 1.65. The Kier molecular flexibility index (Phi) is 7.09. The lowest BCUT2D eigenvalue weighted by molar-refractivity contribution is 0.299. The Hall–Kier alpha value is -4.80. The second-order valence-electron chi connectivity index (χ2n) is 10.6. The number of aliphatic hydroxyl groups excluding tert-OH is 2. The molecule has 0 saturated heterocycles. The highest BCUT2D eigenvalue weighted by Gasteiger charge is 2.39. The maximum absolute atomic E-state index is 11.7. The zero-order valence-electron chi connectivity index (χ0n) is 23.4. The van der Waals surface area contributed by atoms with E-state index in [2.05, 4.69) is 0 Å². The van der Waals surface area contributed by atoms with Crippen molar-refractivity contribution in [1.82, 2.24) is 30.0 Å². The molecule has 10 nitrogen and oxygen atoms in total. The molecule has 0 bridgehead atoms. The fourth-order valence-electron chi connectivity index (χ4n) is 5.74. The minimum absolute atomic E-state index is 0.00923. The highest BCUT2D eigenvalue weighted by atomic mass is 16.3. The van der Waals surface area contributed by atoms with Crippen molar-refractivity contribution >= 4 is 22.1 Å². The maximum atomic E-state index is 11.7. The Morgan fingerprint density at radius 2 is 0.976 bits per heavy atom. The van der Waals surface area contributed by atoms with Gasteiger partial charge in [-0.2, -0.15) is 0 Å². The molecule has 0 aliphatic rings. The molecule has 6 aromatic rings. The summed E-state index contributed by atoms with van der Waals surface area (Å²) in [7, 11) is 0. The van der Waals surface area contributed by atoms with E-state index in [0.29, 0.717) is 63.8 Å². The van der Waals surface area contributed by atoms with Gasteiger partial charge in [0.15, 0.2) is 0 Å². The zero-order chi connectivity index (χ0) is 29.4. The summed E-state index contributed by atoms with van der Waals surface area (Å²) in [6.07, 6.45) is 1.13. The van der Waals surface area contributed by atoms with Crippen molar-refractivity contribution in [3.8, 4) is 22.9 Å². The molecule has 0 aliphatic heterocycles. The standard InChI is InChI=1S/C32H32N6O4/c1-3-32(2,30-26(16-20(12-14-39)18-28(30)41)37-33-22-8-4-5-9-23(22)34-37)31-27(17-21(13-15-40)19-29(31)42)38-35-24-10-6-7-11-25(24)36-38/h4-11,16-19,39-42H,3,12-15H2,1-2H3. The predicted molar refractivity (Wildman–Crippen MR) is 159 cm³/mol. The molecule has 0 aliphatic carbocycles. The van der Waals surface area contributed by atoms with Crippen LogP contribution in [0.2, 0.25) is 0 Å². The molecule has 42 heavy (non-hydrogen) atoms. The van der Waals surface area contributed by atoms with E-state index in [1.165, 1.54) is 9.59 Å². The lowest BCUT2D eigenvalue weighted by Gasteiger charge is -2.34. The highest BCUT2D eigenvalue weighted by molar-refractivity contribution is 5.75. The normalized spacial score (nSPS) is 12.0. The molecule has 0 radical (unpaired) electrons. The van der Waals surface area contributed by atoms with Crippen molar-refractivity contribution < 1.29 is 20.4 Å². The molecule has 214 valence electrons. The summed E-state index contributed by atoms with van der Waals surface area (Å²) in [5, 5.41) is 61.5. The molecular formula is C32H32N6O4. The summed E-state index contributed by atoms with van der Waals surface area (Å²) in [6, 6.07) is 22.0. The molecule has 0 amide bonds. The van der Waals surface area contributed by atoms with E-state index in [9.17, 15) is 20.4 Å². The van der Waals surface area contributed by atoms with Crippen molar-refractivity contribution in [2.24, 2.45) is 0 Å². The summed E-state index contributed by atoms with van der Waals surface area (Å²) in [6.45, 7) is 3.75. The summed E-state index contributed by atoms with van der Waals surface area (Å²) in [5.74, 6) is -0.0185. The molecule has 2 heterocycles. The highest BCUT2D eigenvalue weighted by Crippen LogP contribution is 2.49. The number of aromatic hydroxyl groups is 2. The van der Waals surface area contributed by atoms with Crippen LogP contribution in [0.5, 0.6) is 11.5 Å². The average molecular weight is 565 g/mol. The number of phenolic OH excluding ortho intramolecular Hbond substituents is 2. The number of hydrogen-bond donors (Lipinski definition) is 4. The van der Waals surface area contributed by atoms with E-state index < -0.39 is 5.41 Å². The first-order chi connectivity index (χ1) is 20.4. The van der Waals surface area contributed by atoms with Crippen LogP contribution in [0, 0.1) is 0 Å². The number of nitrogens with zero attached hydrogens (tertiary/aromatic N) is 6. The number of rotatable bonds is 9. The lowest BCUT2D eigenvalue weighted by Crippen LogP contribution is -2.28. The topological polar surface area (TPSA) is 142 Å². The van der Waals surface area contributed by atoms with Gasteiger partial charge in [-0.3, -0.25) is 0 Å². The molecule has 0 fully saturated rings. The van der Waals surface area contributed by atoms with Crippen molar-refractivity contribution in [2.45, 2.75) is 38.5 Å². The molecular weight excluding hydrogens is 532 g/mol. The summed E-state index contributed by atoms with van der Waals surface area (Å²) in [4.78, 5) is 3.01. The number of fused-ring (bicyclic) bond motifs is 2. The second-order valence-corrected chi connectivity index (χ2v) is 10.6. The number of aliphatic hydroxyl groups is 2. The zero-order valence-corrected chi connectivity index (χ0v) is 23.4. The number of hydrogen-bond acceptors (Lipinski definition) is 8. The summed E-state index contributed by atoms with van der Waals surface area (Å²) in [5.41, 5.74) is 5.29. The van der Waals surface area contributed by atoms with Crippen LogP contribution in [0.4, 0.5) is 0 Å². The quantitative estimate of drug-likeness (QED) is 0.203. The Morgan fingerprint density at radius 1 is 0.619 bits per heavy atom. The second kappa shape index (κ2) is 10.9. The first kappa shape index (κ1) is 27.4. The van der Waals surface area contributed by atoms with Gasteiger partial charge >= 0.3 is 0 Å². The van der Waals surface area contributed by atoms with E-state index >= 15 is 0 Å². The fourth-order valence-corrected chi connectivity index (χ4v) is 5.74. The third kappa shape index (κ3) is 4.64. The maximum Gasteiger partial charge on any atom is 0.122 e. The molecule has 4 aromatic carbocycles. The molecule has 10 heteroatoms. The van der Waals surface area contributed by atoms with Crippen LogP contribution in [0.15, 0.2) is 72.8 Å². The first-order valence-corrected chi connectivity index (χ1v) is 14.0. The molecule has 6 rings (SSSR count). The number of benzene rings is 4. The molecule has 4 N–H and O–H groups in total. The van der Waals surface area contributed by atoms with Gasteiger partial charge in [0, 0.05) is 29.8 Å². The van der Waals surface area contributed by atoms with E-state index in [-0.39, 0.29) is 24.7 Å². The van der Waals surface area contributed by atoms with Gasteiger partial charge in [0.2, 0.25) is 0 Å². The van der Waals surface area contributed by atoms with Crippen LogP contribution in [-0.4, -0.2) is 63.6 Å². The molecule has 2 aromatic heterocycles. The third-order valence-electron chi connectivity index (χ3n) is 7.93. The smallest absolute Gasteiger partial charge is 0.122 e. The van der Waals surface area contributed by atoms with E-state index in [4.69, 9.17) is 20.4 Å². The van der Waals surface area contributed by atoms with Gasteiger partial charge in [0.05, 0.1) is 11.4 Å². The SMILES string of the molecule is CCC(C)(c1c(O)cc(CCO)cc1-n1nc2ccccc2n1)c1c(O)cc(CCO)cc1-n1nc2ccccc2n1. The van der Waals surface area contributed by atoms with Crippen molar-refractivity contribution in [3.05, 3.63) is 95.1 Å². The van der Waals surface area contributed by atoms with Crippen LogP contribution >= 0.6 is 0 Å². The van der Waals surface area contributed by atoms with Crippen molar-refractivity contribution in [3.63, 3.8) is 0 Å². The van der Waals surface area contributed by atoms with Crippen molar-refractivity contribution in [1.29, 1.82) is 0 Å². The lowest BCUT2D eigenvalue weighted by atomic mass is 9.71. The minimum Gasteiger partial charge on any atom is -0.508 e. The summed E-state index contributed by atoms with van der Waals surface area (Å²) >= 11 is 0. The largest absolute Gasteiger partial charge is 0.508 e. The number of phenols is 2. The number of aromatic nitrogens is 6. The predicted octanol–water partition coefficient (Wildman–Crippen LogP) is 4.35. The van der Waals surface area contributed by atoms with E-state index in [0.717, 1.165) is 11.1 Å². The molecule has 0 atom stereocenters. The van der Waals surface area contributed by atoms with Crippen LogP contribution in [0.25, 0.3) is 33.4 Å². The van der Waals surface area contributed by atoms with Crippen LogP contribution in [0.1, 0.15) is 42.5 Å². The monoisotopic (exact) mass is 564 g/mol. The molecule has 0 saturated carbocycles. The fraction of sp³-hybridized carbons (Fsp3) is 0.250. The Labute approximate surface area is 242 Å². The van der Waals surface area contributed by atoms with E-state index in [1.807, 2.05) is 74.5 Å². The Bertz CT molecular complexity index is 1710. The summed E-state index contributed by atoms with van der Waals surface area (Å²) < 4.78 is 0. The van der Waals surface area contributed by atoms with Gasteiger partial charge in [-0.05, 0) is 78.9 Å². The minimum atomic E-state index is -0.992. The van der Waals surface area contributed by atoms with Gasteiger partial charge in [0.1, 0.15) is 33.6 Å². The van der Waals surface area contributed by atoms with Gasteiger partial charge in [-0.25, -0.2) is 0 Å².